The lowest BCUT2D eigenvalue weighted by molar-refractivity contribution is -0.124. The average Bonchev–Trinajstić information content (AvgIpc) is 3.36. The average molecular weight is 390 g/mol. The van der Waals surface area contributed by atoms with Crippen molar-refractivity contribution >= 4 is 29.2 Å². The molecule has 8 heteroatoms. The van der Waals surface area contributed by atoms with Crippen molar-refractivity contribution in [2.75, 3.05) is 4.90 Å². The van der Waals surface area contributed by atoms with E-state index in [-0.39, 0.29) is 36.4 Å². The van der Waals surface area contributed by atoms with Crippen molar-refractivity contribution in [1.82, 2.24) is 9.78 Å². The highest BCUT2D eigenvalue weighted by Gasteiger charge is 2.63. The van der Waals surface area contributed by atoms with Crippen LogP contribution in [0.2, 0.25) is 5.02 Å². The van der Waals surface area contributed by atoms with Crippen molar-refractivity contribution in [2.45, 2.75) is 38.5 Å². The van der Waals surface area contributed by atoms with Gasteiger partial charge in [-0.3, -0.25) is 14.3 Å². The number of amides is 2. The van der Waals surface area contributed by atoms with E-state index in [9.17, 15) is 14.0 Å². The van der Waals surface area contributed by atoms with Crippen LogP contribution in [0.25, 0.3) is 0 Å². The molecule has 2 aromatic rings. The summed E-state index contributed by atoms with van der Waals surface area (Å²) in [7, 11) is 0. The van der Waals surface area contributed by atoms with E-state index in [4.69, 9.17) is 16.3 Å². The van der Waals surface area contributed by atoms with E-state index in [1.165, 1.54) is 11.0 Å². The molecule has 0 saturated carbocycles. The molecule has 1 aromatic carbocycles. The van der Waals surface area contributed by atoms with Crippen molar-refractivity contribution in [3.8, 4) is 0 Å². The summed E-state index contributed by atoms with van der Waals surface area (Å²) >= 11 is 6.10. The summed E-state index contributed by atoms with van der Waals surface area (Å²) in [5.41, 5.74) is 1.03. The SMILES string of the molecule is Cc1cc(N2C(=O)C3C4CCC(O4)C3C2=O)nn1Cc1c(F)cccc1Cl. The number of aryl methyl sites for hydroxylation is 1. The fourth-order valence-corrected chi connectivity index (χ4v) is 4.76. The van der Waals surface area contributed by atoms with E-state index in [2.05, 4.69) is 5.10 Å². The van der Waals surface area contributed by atoms with Gasteiger partial charge in [0.15, 0.2) is 5.82 Å². The molecule has 4 heterocycles. The third-order valence-corrected chi connectivity index (χ3v) is 6.21. The molecule has 3 aliphatic heterocycles. The number of carbonyl (C=O) groups is 2. The maximum atomic E-state index is 14.1. The lowest BCUT2D eigenvalue weighted by atomic mass is 9.81. The second-order valence-electron chi connectivity index (χ2n) is 7.36. The maximum absolute atomic E-state index is 14.1. The van der Waals surface area contributed by atoms with Crippen LogP contribution in [0.15, 0.2) is 24.3 Å². The Labute approximate surface area is 159 Å². The number of hydrogen-bond acceptors (Lipinski definition) is 4. The van der Waals surface area contributed by atoms with E-state index < -0.39 is 17.7 Å². The lowest BCUT2D eigenvalue weighted by Crippen LogP contribution is -2.34. The molecule has 2 amide bonds. The van der Waals surface area contributed by atoms with E-state index in [1.54, 1.807) is 29.8 Å². The third-order valence-electron chi connectivity index (χ3n) is 5.85. The summed E-state index contributed by atoms with van der Waals surface area (Å²) in [4.78, 5) is 26.9. The molecular formula is C19H17ClFN3O3. The molecule has 0 N–H and O–H groups in total. The molecule has 3 fully saturated rings. The van der Waals surface area contributed by atoms with Gasteiger partial charge < -0.3 is 4.74 Å². The van der Waals surface area contributed by atoms with Gasteiger partial charge in [0.1, 0.15) is 5.82 Å². The van der Waals surface area contributed by atoms with E-state index in [0.29, 0.717) is 16.3 Å². The van der Waals surface area contributed by atoms with Crippen LogP contribution in [-0.4, -0.2) is 33.8 Å². The lowest BCUT2D eigenvalue weighted by Gasteiger charge is -2.15. The van der Waals surface area contributed by atoms with Crippen LogP contribution in [0, 0.1) is 24.6 Å². The molecule has 4 atom stereocenters. The third kappa shape index (κ3) is 2.38. The summed E-state index contributed by atoms with van der Waals surface area (Å²) in [6.45, 7) is 1.92. The predicted octanol–water partition coefficient (Wildman–Crippen LogP) is 2.70. The summed E-state index contributed by atoms with van der Waals surface area (Å²) in [5.74, 6) is -1.43. The number of nitrogens with zero attached hydrogens (tertiary/aromatic N) is 3. The quantitative estimate of drug-likeness (QED) is 0.757. The molecule has 2 bridgehead atoms. The van der Waals surface area contributed by atoms with Crippen LogP contribution in [0.1, 0.15) is 24.1 Å². The van der Waals surface area contributed by atoms with Crippen LogP contribution in [0.4, 0.5) is 10.2 Å². The highest BCUT2D eigenvalue weighted by Crippen LogP contribution is 2.49. The first-order chi connectivity index (χ1) is 13.0. The minimum atomic E-state index is -0.421. The van der Waals surface area contributed by atoms with Crippen LogP contribution >= 0.6 is 11.6 Å². The molecule has 4 unspecified atom stereocenters. The standard InChI is InChI=1S/C19H17ClFN3O3/c1-9-7-15(22-23(9)8-10-11(20)3-2-4-12(10)21)24-18(25)16-13-5-6-14(27-13)17(16)19(24)26/h2-4,7,13-14,16-17H,5-6,8H2,1H3. The van der Waals surface area contributed by atoms with Crippen LogP contribution < -0.4 is 4.90 Å². The number of imide groups is 1. The van der Waals surface area contributed by atoms with Gasteiger partial charge >= 0.3 is 0 Å². The van der Waals surface area contributed by atoms with Crippen molar-refractivity contribution in [3.05, 3.63) is 46.4 Å². The Hall–Kier alpha value is -2.25. The zero-order valence-corrected chi connectivity index (χ0v) is 15.3. The Morgan fingerprint density at radius 3 is 2.52 bits per heavy atom. The number of halogens is 2. The van der Waals surface area contributed by atoms with Gasteiger partial charge in [0.25, 0.3) is 0 Å². The number of aromatic nitrogens is 2. The van der Waals surface area contributed by atoms with Crippen molar-refractivity contribution in [2.24, 2.45) is 11.8 Å². The van der Waals surface area contributed by atoms with Gasteiger partial charge in [-0.15, -0.1) is 0 Å². The van der Waals surface area contributed by atoms with Gasteiger partial charge in [0.2, 0.25) is 11.8 Å². The first-order valence-electron chi connectivity index (χ1n) is 8.96. The number of ether oxygens (including phenoxy) is 1. The first kappa shape index (κ1) is 16.9. The smallest absolute Gasteiger partial charge is 0.241 e. The van der Waals surface area contributed by atoms with Gasteiger partial charge in [-0.1, -0.05) is 17.7 Å². The second kappa shape index (κ2) is 5.87. The molecule has 6 nitrogen and oxygen atoms in total. The molecule has 3 aliphatic rings. The highest BCUT2D eigenvalue weighted by molar-refractivity contribution is 6.31. The number of anilines is 1. The van der Waals surface area contributed by atoms with E-state index in [1.807, 2.05) is 0 Å². The summed E-state index contributed by atoms with van der Waals surface area (Å²) in [5, 5.41) is 4.71. The Kier molecular flexibility index (Phi) is 3.67. The molecule has 140 valence electrons. The summed E-state index contributed by atoms with van der Waals surface area (Å²) < 4.78 is 21.4. The summed E-state index contributed by atoms with van der Waals surface area (Å²) in [6.07, 6.45) is 1.30. The minimum absolute atomic E-state index is 0.120. The monoisotopic (exact) mass is 389 g/mol. The maximum Gasteiger partial charge on any atom is 0.241 e. The van der Waals surface area contributed by atoms with Gasteiger partial charge in [-0.05, 0) is 31.9 Å². The second-order valence-corrected chi connectivity index (χ2v) is 7.76. The molecule has 5 rings (SSSR count). The van der Waals surface area contributed by atoms with Gasteiger partial charge in [0, 0.05) is 22.3 Å². The van der Waals surface area contributed by atoms with Gasteiger partial charge in [0.05, 0.1) is 30.6 Å². The van der Waals surface area contributed by atoms with Gasteiger partial charge in [-0.25, -0.2) is 9.29 Å². The Bertz CT molecular complexity index is 927. The Morgan fingerprint density at radius 2 is 1.89 bits per heavy atom. The molecular weight excluding hydrogens is 373 g/mol. The van der Waals surface area contributed by atoms with E-state index >= 15 is 0 Å². The predicted molar refractivity (Wildman–Crippen MR) is 94.8 cm³/mol. The molecule has 1 aromatic heterocycles. The number of hydrogen-bond donors (Lipinski definition) is 0. The molecule has 0 aliphatic carbocycles. The van der Waals surface area contributed by atoms with E-state index in [0.717, 1.165) is 12.8 Å². The topological polar surface area (TPSA) is 64.4 Å². The first-order valence-corrected chi connectivity index (χ1v) is 9.34. The van der Waals surface area contributed by atoms with Crippen molar-refractivity contribution < 1.29 is 18.7 Å². The number of carbonyl (C=O) groups excluding carboxylic acids is 2. The Balaban J connectivity index is 1.47. The van der Waals surface area contributed by atoms with Crippen LogP contribution in [0.3, 0.4) is 0 Å². The number of benzene rings is 1. The normalized spacial score (nSPS) is 29.1. The van der Waals surface area contributed by atoms with Gasteiger partial charge in [-0.2, -0.15) is 5.10 Å². The minimum Gasteiger partial charge on any atom is -0.373 e. The van der Waals surface area contributed by atoms with Crippen molar-refractivity contribution in [1.29, 1.82) is 0 Å². The molecule has 0 radical (unpaired) electrons. The number of rotatable bonds is 3. The largest absolute Gasteiger partial charge is 0.373 e. The Morgan fingerprint density at radius 1 is 1.22 bits per heavy atom. The molecule has 3 saturated heterocycles. The molecule has 27 heavy (non-hydrogen) atoms. The van der Waals surface area contributed by atoms with Crippen LogP contribution in [0.5, 0.6) is 0 Å². The van der Waals surface area contributed by atoms with Crippen LogP contribution in [-0.2, 0) is 20.9 Å². The zero-order valence-electron chi connectivity index (χ0n) is 14.6. The van der Waals surface area contributed by atoms with Crippen molar-refractivity contribution in [3.63, 3.8) is 0 Å². The highest BCUT2D eigenvalue weighted by atomic mass is 35.5. The summed E-state index contributed by atoms with van der Waals surface area (Å²) in [6, 6.07) is 6.17. The fraction of sp³-hybridized carbons (Fsp3) is 0.421. The zero-order chi connectivity index (χ0) is 18.9. The fourth-order valence-electron chi connectivity index (χ4n) is 4.53. The number of fused-ring (bicyclic) bond motifs is 5. The molecule has 0 spiro atoms.